The number of phenols is 1. The highest BCUT2D eigenvalue weighted by molar-refractivity contribution is 7.21. The average molecular weight is 662 g/mol. The highest BCUT2D eigenvalue weighted by Gasteiger charge is 2.18. The van der Waals surface area contributed by atoms with E-state index >= 15 is 0 Å². The number of aromatic hydroxyl groups is 1. The molecule has 0 saturated carbocycles. The van der Waals surface area contributed by atoms with Crippen molar-refractivity contribution in [2.45, 2.75) is 25.7 Å². The summed E-state index contributed by atoms with van der Waals surface area (Å²) in [5.74, 6) is 0.284. The van der Waals surface area contributed by atoms with Gasteiger partial charge in [0.25, 0.3) is 5.01 Å². The molecule has 3 heterocycles. The van der Waals surface area contributed by atoms with Crippen LogP contribution in [-0.4, -0.2) is 31.5 Å². The zero-order valence-corrected chi connectivity index (χ0v) is 28.0. The van der Waals surface area contributed by atoms with Gasteiger partial charge in [-0.1, -0.05) is 114 Å². The van der Waals surface area contributed by atoms with Crippen LogP contribution in [0.25, 0.3) is 31.9 Å². The number of thiazole rings is 1. The summed E-state index contributed by atoms with van der Waals surface area (Å²) in [5, 5.41) is 10.9. The molecule has 6 heteroatoms. The first-order chi connectivity index (χ1) is 22.8. The average Bonchev–Trinajstić information content (AvgIpc) is 3.94. The van der Waals surface area contributed by atoms with Crippen molar-refractivity contribution in [3.63, 3.8) is 0 Å². The Morgan fingerprint density at radius 3 is 1.36 bits per heavy atom. The third kappa shape index (κ3) is 9.18. The van der Waals surface area contributed by atoms with Crippen LogP contribution in [0.3, 0.4) is 0 Å². The van der Waals surface area contributed by atoms with Crippen molar-refractivity contribution in [3.05, 3.63) is 156 Å². The van der Waals surface area contributed by atoms with E-state index in [1.807, 2.05) is 6.07 Å². The highest BCUT2D eigenvalue weighted by Crippen LogP contribution is 2.38. The van der Waals surface area contributed by atoms with Crippen LogP contribution in [0, 0.1) is 0 Å². The maximum Gasteiger partial charge on any atom is 0.268 e. The Morgan fingerprint density at radius 2 is 0.957 bits per heavy atom. The fraction of sp³-hybridized carbons (Fsp3) is 0.195. The molecule has 0 aliphatic carbocycles. The molecule has 0 atom stereocenters. The van der Waals surface area contributed by atoms with Crippen LogP contribution >= 0.6 is 11.3 Å². The second-order valence-electron chi connectivity index (χ2n) is 11.3. The summed E-state index contributed by atoms with van der Waals surface area (Å²) >= 11 is 1.65. The van der Waals surface area contributed by atoms with Gasteiger partial charge in [0.2, 0.25) is 5.52 Å². The first-order valence-corrected chi connectivity index (χ1v) is 16.9. The van der Waals surface area contributed by atoms with Crippen molar-refractivity contribution in [3.8, 4) is 16.3 Å². The molecule has 8 rings (SSSR count). The molecule has 0 radical (unpaired) electrons. The van der Waals surface area contributed by atoms with Gasteiger partial charge in [-0.25, -0.2) is 0 Å². The van der Waals surface area contributed by atoms with Crippen LogP contribution in [0.5, 0.6) is 5.75 Å². The number of halogens is 1. The van der Waals surface area contributed by atoms with E-state index < -0.39 is 0 Å². The van der Waals surface area contributed by atoms with E-state index in [9.17, 15) is 5.11 Å². The molecule has 2 aliphatic rings. The quantitative estimate of drug-likeness (QED) is 0.210. The number of fused-ring (bicyclic) bond motifs is 1. The molecular weight excluding hydrogens is 622 g/mol. The molecule has 1 aromatic heterocycles. The molecule has 6 aromatic rings. The van der Waals surface area contributed by atoms with Crippen molar-refractivity contribution < 1.29 is 32.0 Å². The first-order valence-electron chi connectivity index (χ1n) is 16.1. The zero-order chi connectivity index (χ0) is 31.4. The standard InChI is InChI=1S/C33H23NOS.2C4H8O.ClH/c35-28-20-21-29-30(22-28)36-33(34-29)27-18-16-26(17-19-27)32(25-14-8-3-9-15-25)31(23-10-4-1-5-11-23)24-12-6-2-7-13-24;2*1-2-4-5-3-1;/h1-22,35H;2*1-4H2;1H. The number of rotatable bonds is 5. The second kappa shape index (κ2) is 17.6. The lowest BCUT2D eigenvalue weighted by Gasteiger charge is -2.18. The molecule has 240 valence electrons. The molecule has 0 unspecified atom stereocenters. The summed E-state index contributed by atoms with van der Waals surface area (Å²) in [6.07, 6.45) is 5.11. The van der Waals surface area contributed by atoms with Gasteiger partial charge in [-0.15, -0.1) is 0 Å². The van der Waals surface area contributed by atoms with Crippen molar-refractivity contribution in [1.29, 1.82) is 0 Å². The van der Waals surface area contributed by atoms with Crippen LogP contribution in [0.15, 0.2) is 133 Å². The molecule has 47 heavy (non-hydrogen) atoms. The number of ether oxygens (including phenoxy) is 2. The summed E-state index contributed by atoms with van der Waals surface area (Å²) in [6, 6.07) is 46.0. The van der Waals surface area contributed by atoms with Gasteiger partial charge < -0.3 is 27.0 Å². The van der Waals surface area contributed by atoms with Crippen LogP contribution < -0.4 is 17.4 Å². The number of nitrogens with one attached hydrogen (secondary N) is 1. The number of phenolic OH excluding ortho intramolecular Hbond substituents is 1. The van der Waals surface area contributed by atoms with Crippen molar-refractivity contribution in [2.24, 2.45) is 0 Å². The molecule has 2 saturated heterocycles. The Bertz CT molecular complexity index is 1760. The van der Waals surface area contributed by atoms with E-state index in [1.54, 1.807) is 23.5 Å². The number of hydrogen-bond donors (Lipinski definition) is 1. The van der Waals surface area contributed by atoms with E-state index in [0.717, 1.165) is 52.8 Å². The fourth-order valence-electron chi connectivity index (χ4n) is 5.62. The van der Waals surface area contributed by atoms with Gasteiger partial charge in [0.1, 0.15) is 10.4 Å². The molecule has 2 aliphatic heterocycles. The Morgan fingerprint density at radius 1 is 0.532 bits per heavy atom. The van der Waals surface area contributed by atoms with Crippen molar-refractivity contribution >= 4 is 32.7 Å². The van der Waals surface area contributed by atoms with Gasteiger partial charge in [0.15, 0.2) is 0 Å². The number of H-pyrrole nitrogens is 1. The number of hydrogen-bond acceptors (Lipinski definition) is 4. The molecule has 4 nitrogen and oxygen atoms in total. The Kier molecular flexibility index (Phi) is 12.8. The first kappa shape index (κ1) is 34.1. The maximum absolute atomic E-state index is 9.84. The summed E-state index contributed by atoms with van der Waals surface area (Å²) in [6.45, 7) is 4.00. The van der Waals surface area contributed by atoms with Crippen LogP contribution in [0.2, 0.25) is 0 Å². The minimum Gasteiger partial charge on any atom is -1.00 e. The lowest BCUT2D eigenvalue weighted by Crippen LogP contribution is -3.00. The van der Waals surface area contributed by atoms with Crippen molar-refractivity contribution in [2.75, 3.05) is 26.4 Å². The van der Waals surface area contributed by atoms with Crippen LogP contribution in [0.1, 0.15) is 47.9 Å². The van der Waals surface area contributed by atoms with E-state index in [1.165, 1.54) is 53.5 Å². The molecule has 0 bridgehead atoms. The topological polar surface area (TPSA) is 52.8 Å². The molecule has 0 spiro atoms. The summed E-state index contributed by atoms with van der Waals surface area (Å²) in [4.78, 5) is 3.49. The van der Waals surface area contributed by atoms with Gasteiger partial charge in [-0.2, -0.15) is 4.98 Å². The normalized spacial score (nSPS) is 13.4. The van der Waals surface area contributed by atoms with Gasteiger partial charge >= 0.3 is 0 Å². The third-order valence-corrected chi connectivity index (χ3v) is 9.05. The lowest BCUT2D eigenvalue weighted by atomic mass is 9.85. The predicted octanol–water partition coefficient (Wildman–Crippen LogP) is 6.69. The summed E-state index contributed by atoms with van der Waals surface area (Å²) in [7, 11) is 0. The number of aromatic nitrogens is 1. The van der Waals surface area contributed by atoms with E-state index in [4.69, 9.17) is 9.47 Å². The Balaban J connectivity index is 0.000000337. The van der Waals surface area contributed by atoms with Gasteiger partial charge in [0.05, 0.1) is 5.56 Å². The maximum atomic E-state index is 9.84. The minimum absolute atomic E-state index is 0. The number of aromatic amines is 1. The third-order valence-electron chi connectivity index (χ3n) is 7.95. The molecule has 0 amide bonds. The molecule has 5 aromatic carbocycles. The summed E-state index contributed by atoms with van der Waals surface area (Å²) in [5.41, 5.74) is 9.26. The Labute approximate surface area is 287 Å². The smallest absolute Gasteiger partial charge is 0.268 e. The molecular formula is C41H40ClNO3S. The SMILES string of the molecule is C1CCOC1.C1CCOC1.Oc1ccc2[nH+]c(-c3ccc(C(=C(c4ccccc4)c4ccccc4)c4ccccc4)cc3)sc2c1.[Cl-]. The monoisotopic (exact) mass is 661 g/mol. The molecule has 2 fully saturated rings. The van der Waals surface area contributed by atoms with Crippen molar-refractivity contribution in [1.82, 2.24) is 0 Å². The van der Waals surface area contributed by atoms with E-state index in [-0.39, 0.29) is 18.2 Å². The van der Waals surface area contributed by atoms with E-state index in [0.29, 0.717) is 0 Å². The number of benzene rings is 5. The minimum atomic E-state index is 0. The molecule has 2 N–H and O–H groups in total. The predicted molar refractivity (Wildman–Crippen MR) is 190 cm³/mol. The van der Waals surface area contributed by atoms with Crippen LogP contribution in [-0.2, 0) is 9.47 Å². The highest BCUT2D eigenvalue weighted by atomic mass is 35.5. The van der Waals surface area contributed by atoms with Gasteiger partial charge in [-0.3, -0.25) is 0 Å². The van der Waals surface area contributed by atoms with E-state index in [2.05, 4.69) is 120 Å². The lowest BCUT2D eigenvalue weighted by molar-refractivity contribution is -0.325. The largest absolute Gasteiger partial charge is 1.00 e. The second-order valence-corrected chi connectivity index (χ2v) is 12.4. The Hall–Kier alpha value is -4.26. The fourth-order valence-corrected chi connectivity index (χ4v) is 6.67. The zero-order valence-electron chi connectivity index (χ0n) is 26.4. The van der Waals surface area contributed by atoms with Crippen LogP contribution in [0.4, 0.5) is 0 Å². The summed E-state index contributed by atoms with van der Waals surface area (Å²) < 4.78 is 10.9. The van der Waals surface area contributed by atoms with Gasteiger partial charge in [0, 0.05) is 38.6 Å². The van der Waals surface area contributed by atoms with Gasteiger partial charge in [-0.05, 0) is 77.3 Å².